The van der Waals surface area contributed by atoms with E-state index in [0.717, 1.165) is 20.7 Å². The lowest BCUT2D eigenvalue weighted by molar-refractivity contribution is 0.928. The molecule has 0 radical (unpaired) electrons. The van der Waals surface area contributed by atoms with Gasteiger partial charge in [0.2, 0.25) is 0 Å². The number of H-pyrrole nitrogens is 1. The first-order valence-corrected chi connectivity index (χ1v) is 8.00. The average molecular weight is 348 g/mol. The third-order valence-corrected chi connectivity index (χ3v) is 4.72. The fraction of sp³-hybridized carbons (Fsp3) is 0.133. The van der Waals surface area contributed by atoms with Crippen LogP contribution >= 0.6 is 27.7 Å². The van der Waals surface area contributed by atoms with Crippen molar-refractivity contribution in [3.8, 4) is 0 Å². The van der Waals surface area contributed by atoms with Gasteiger partial charge in [-0.15, -0.1) is 0 Å². The lowest BCUT2D eigenvalue weighted by atomic mass is 10.1. The van der Waals surface area contributed by atoms with E-state index in [-0.39, 0.29) is 5.25 Å². The number of thioether (sulfide) groups is 1. The molecule has 2 aromatic carbocycles. The van der Waals surface area contributed by atoms with Crippen LogP contribution in [-0.2, 0) is 0 Å². The Labute approximate surface area is 130 Å². The van der Waals surface area contributed by atoms with Crippen molar-refractivity contribution >= 4 is 38.7 Å². The predicted octanol–water partition coefficient (Wildman–Crippen LogP) is 4.12. The van der Waals surface area contributed by atoms with Crippen LogP contribution in [0, 0.1) is 0 Å². The number of nitrogens with two attached hydrogens (primary N) is 1. The quantitative estimate of drug-likeness (QED) is 0.698. The van der Waals surface area contributed by atoms with Gasteiger partial charge in [-0.1, -0.05) is 52.0 Å². The SMILES string of the molecule is NCC(Sc1nc2ccccc2[nH]1)c1cccc(Br)c1. The van der Waals surface area contributed by atoms with Crippen LogP contribution in [0.15, 0.2) is 58.2 Å². The van der Waals surface area contributed by atoms with Crippen LogP contribution in [0.25, 0.3) is 11.0 Å². The van der Waals surface area contributed by atoms with E-state index in [1.54, 1.807) is 11.8 Å². The highest BCUT2D eigenvalue weighted by Gasteiger charge is 2.14. The first-order chi connectivity index (χ1) is 9.76. The van der Waals surface area contributed by atoms with E-state index in [1.807, 2.05) is 36.4 Å². The molecule has 0 saturated carbocycles. The minimum atomic E-state index is 0.188. The Morgan fingerprint density at radius 2 is 2.05 bits per heavy atom. The van der Waals surface area contributed by atoms with E-state index in [4.69, 9.17) is 5.73 Å². The summed E-state index contributed by atoms with van der Waals surface area (Å²) in [5.41, 5.74) is 9.16. The van der Waals surface area contributed by atoms with Crippen LogP contribution in [0.3, 0.4) is 0 Å². The number of para-hydroxylation sites is 2. The van der Waals surface area contributed by atoms with Gasteiger partial charge in [0.05, 0.1) is 11.0 Å². The van der Waals surface area contributed by atoms with Crippen molar-refractivity contribution in [1.29, 1.82) is 0 Å². The normalized spacial score (nSPS) is 12.7. The maximum absolute atomic E-state index is 5.92. The molecule has 1 unspecified atom stereocenters. The zero-order chi connectivity index (χ0) is 13.9. The third kappa shape index (κ3) is 2.90. The van der Waals surface area contributed by atoms with E-state index in [2.05, 4.69) is 38.0 Å². The summed E-state index contributed by atoms with van der Waals surface area (Å²) in [6, 6.07) is 16.3. The van der Waals surface area contributed by atoms with E-state index in [0.29, 0.717) is 6.54 Å². The van der Waals surface area contributed by atoms with Crippen LogP contribution < -0.4 is 5.73 Å². The van der Waals surface area contributed by atoms with Crippen LogP contribution in [0.5, 0.6) is 0 Å². The van der Waals surface area contributed by atoms with Gasteiger partial charge in [-0.2, -0.15) is 0 Å². The summed E-state index contributed by atoms with van der Waals surface area (Å²) >= 11 is 5.16. The molecule has 20 heavy (non-hydrogen) atoms. The van der Waals surface area contributed by atoms with Gasteiger partial charge in [-0.25, -0.2) is 4.98 Å². The summed E-state index contributed by atoms with van der Waals surface area (Å²) in [6.07, 6.45) is 0. The Bertz CT molecular complexity index is 693. The molecule has 0 saturated heterocycles. The molecular formula is C15H14BrN3S. The highest BCUT2D eigenvalue weighted by Crippen LogP contribution is 2.34. The monoisotopic (exact) mass is 347 g/mol. The molecular weight excluding hydrogens is 334 g/mol. The zero-order valence-corrected chi connectivity index (χ0v) is 13.1. The first-order valence-electron chi connectivity index (χ1n) is 6.33. The zero-order valence-electron chi connectivity index (χ0n) is 10.7. The van der Waals surface area contributed by atoms with Crippen LogP contribution in [0.2, 0.25) is 0 Å². The first kappa shape index (κ1) is 13.7. The number of rotatable bonds is 4. The summed E-state index contributed by atoms with van der Waals surface area (Å²) < 4.78 is 1.07. The van der Waals surface area contributed by atoms with Crippen LogP contribution in [0.4, 0.5) is 0 Å². The number of benzene rings is 2. The van der Waals surface area contributed by atoms with Crippen molar-refractivity contribution in [2.75, 3.05) is 6.54 Å². The molecule has 102 valence electrons. The highest BCUT2D eigenvalue weighted by atomic mass is 79.9. The maximum Gasteiger partial charge on any atom is 0.167 e. The van der Waals surface area contributed by atoms with Crippen LogP contribution in [-0.4, -0.2) is 16.5 Å². The van der Waals surface area contributed by atoms with Crippen molar-refractivity contribution in [1.82, 2.24) is 9.97 Å². The molecule has 1 atom stereocenters. The number of aromatic nitrogens is 2. The average Bonchev–Trinajstić information content (AvgIpc) is 2.87. The predicted molar refractivity (Wildman–Crippen MR) is 87.9 cm³/mol. The summed E-state index contributed by atoms with van der Waals surface area (Å²) in [6.45, 7) is 0.568. The second-order valence-electron chi connectivity index (χ2n) is 4.46. The Kier molecular flexibility index (Phi) is 4.10. The van der Waals surface area contributed by atoms with E-state index in [9.17, 15) is 0 Å². The molecule has 0 amide bonds. The molecule has 0 aliphatic carbocycles. The number of imidazole rings is 1. The van der Waals surface area contributed by atoms with Gasteiger partial charge in [-0.3, -0.25) is 0 Å². The molecule has 0 fully saturated rings. The minimum absolute atomic E-state index is 0.188. The number of fused-ring (bicyclic) bond motifs is 1. The maximum atomic E-state index is 5.92. The molecule has 0 spiro atoms. The van der Waals surface area contributed by atoms with Crippen LogP contribution in [0.1, 0.15) is 10.8 Å². The van der Waals surface area contributed by atoms with Gasteiger partial charge in [0.15, 0.2) is 5.16 Å². The van der Waals surface area contributed by atoms with Gasteiger partial charge >= 0.3 is 0 Å². The third-order valence-electron chi connectivity index (χ3n) is 3.06. The van der Waals surface area contributed by atoms with Gasteiger partial charge in [0.25, 0.3) is 0 Å². The van der Waals surface area contributed by atoms with Gasteiger partial charge in [0.1, 0.15) is 0 Å². The summed E-state index contributed by atoms with van der Waals surface area (Å²) in [5.74, 6) is 0. The molecule has 0 aliphatic heterocycles. The summed E-state index contributed by atoms with van der Waals surface area (Å²) in [7, 11) is 0. The highest BCUT2D eigenvalue weighted by molar-refractivity contribution is 9.10. The fourth-order valence-electron chi connectivity index (χ4n) is 2.08. The number of hydrogen-bond donors (Lipinski definition) is 2. The number of aromatic amines is 1. The molecule has 1 aromatic heterocycles. The molecule has 5 heteroatoms. The molecule has 1 heterocycles. The van der Waals surface area contributed by atoms with Gasteiger partial charge in [-0.05, 0) is 29.8 Å². The minimum Gasteiger partial charge on any atom is -0.333 e. The Morgan fingerprint density at radius 1 is 1.20 bits per heavy atom. The lowest BCUT2D eigenvalue weighted by Crippen LogP contribution is -2.09. The van der Waals surface area contributed by atoms with Crippen molar-refractivity contribution < 1.29 is 0 Å². The van der Waals surface area contributed by atoms with Crippen molar-refractivity contribution in [3.05, 3.63) is 58.6 Å². The molecule has 3 N–H and O–H groups in total. The van der Waals surface area contributed by atoms with E-state index in [1.165, 1.54) is 5.56 Å². The Balaban J connectivity index is 1.87. The number of hydrogen-bond acceptors (Lipinski definition) is 3. The second kappa shape index (κ2) is 5.99. The molecule has 0 bridgehead atoms. The van der Waals surface area contributed by atoms with Crippen molar-refractivity contribution in [2.24, 2.45) is 5.73 Å². The molecule has 0 aliphatic rings. The van der Waals surface area contributed by atoms with E-state index >= 15 is 0 Å². The van der Waals surface area contributed by atoms with Crippen molar-refractivity contribution in [2.45, 2.75) is 10.4 Å². The van der Waals surface area contributed by atoms with Gasteiger partial charge in [0, 0.05) is 16.3 Å². The second-order valence-corrected chi connectivity index (χ2v) is 6.56. The standard InChI is InChI=1S/C15H14BrN3S/c16-11-5-3-4-10(8-11)14(9-17)20-15-18-12-6-1-2-7-13(12)19-15/h1-8,14H,9,17H2,(H,18,19). The Morgan fingerprint density at radius 3 is 2.80 bits per heavy atom. The smallest absolute Gasteiger partial charge is 0.167 e. The molecule has 3 nitrogen and oxygen atoms in total. The van der Waals surface area contributed by atoms with E-state index < -0.39 is 0 Å². The lowest BCUT2D eigenvalue weighted by Gasteiger charge is -2.13. The van der Waals surface area contributed by atoms with Crippen molar-refractivity contribution in [3.63, 3.8) is 0 Å². The summed E-state index contributed by atoms with van der Waals surface area (Å²) in [4.78, 5) is 7.92. The largest absolute Gasteiger partial charge is 0.333 e. The molecule has 3 rings (SSSR count). The number of nitrogens with zero attached hydrogens (tertiary/aromatic N) is 1. The number of nitrogens with one attached hydrogen (secondary N) is 1. The Hall–Kier alpha value is -1.30. The molecule has 3 aromatic rings. The number of halogens is 1. The topological polar surface area (TPSA) is 54.7 Å². The van der Waals surface area contributed by atoms with Gasteiger partial charge < -0.3 is 10.7 Å². The summed E-state index contributed by atoms with van der Waals surface area (Å²) in [5, 5.41) is 1.09. The fourth-order valence-corrected chi connectivity index (χ4v) is 3.46.